The van der Waals surface area contributed by atoms with Crippen LogP contribution in [0.1, 0.15) is 20.3 Å². The summed E-state index contributed by atoms with van der Waals surface area (Å²) in [5.74, 6) is 0.417. The van der Waals surface area contributed by atoms with Crippen molar-refractivity contribution < 1.29 is 14.9 Å². The molecule has 0 saturated carbocycles. The molecular formula is C10H20B2N2O3P2. The van der Waals surface area contributed by atoms with Gasteiger partial charge in [0.05, 0.1) is 0 Å². The third-order valence-corrected chi connectivity index (χ3v) is 2.39. The second-order valence-electron chi connectivity index (χ2n) is 3.53. The zero-order valence-corrected chi connectivity index (χ0v) is 13.1. The van der Waals surface area contributed by atoms with Gasteiger partial charge < -0.3 is 10.3 Å². The van der Waals surface area contributed by atoms with Crippen molar-refractivity contribution in [3.05, 3.63) is 18.8 Å². The van der Waals surface area contributed by atoms with E-state index in [1.54, 1.807) is 0 Å². The third kappa shape index (κ3) is 38.1. The van der Waals surface area contributed by atoms with E-state index in [4.69, 9.17) is 15.0 Å². The molecule has 0 amide bonds. The summed E-state index contributed by atoms with van der Waals surface area (Å²) in [5, 5.41) is 13.4. The molecule has 0 fully saturated rings. The Morgan fingerprint density at radius 2 is 1.89 bits per heavy atom. The van der Waals surface area contributed by atoms with Crippen LogP contribution in [0.25, 0.3) is 0 Å². The van der Waals surface area contributed by atoms with E-state index >= 15 is 0 Å². The quantitative estimate of drug-likeness (QED) is 0.175. The molecule has 0 aliphatic heterocycles. The molecule has 1 atom stereocenters. The number of carbonyl (C=O) groups excluding carboxylic acids is 1. The summed E-state index contributed by atoms with van der Waals surface area (Å²) in [7, 11) is 1.17. The van der Waals surface area contributed by atoms with E-state index in [0.29, 0.717) is 28.8 Å². The van der Waals surface area contributed by atoms with Gasteiger partial charge in [-0.2, -0.15) is 0 Å². The van der Waals surface area contributed by atoms with Gasteiger partial charge in [-0.1, -0.05) is 35.3 Å². The molecule has 0 heterocycles. The van der Waals surface area contributed by atoms with Crippen molar-refractivity contribution in [2.45, 2.75) is 32.9 Å². The molecule has 0 aromatic carbocycles. The van der Waals surface area contributed by atoms with E-state index in [1.807, 2.05) is 27.8 Å². The molecule has 2 radical (unpaired) electrons. The van der Waals surface area contributed by atoms with Gasteiger partial charge in [-0.25, -0.2) is 0 Å². The topological polar surface area (TPSA) is 116 Å². The number of carbonyl (C=O) groups is 1. The number of nitrogens with one attached hydrogen (secondary N) is 2. The van der Waals surface area contributed by atoms with Crippen molar-refractivity contribution in [3.8, 4) is 0 Å². The Labute approximate surface area is 120 Å². The summed E-state index contributed by atoms with van der Waals surface area (Å²) in [6, 6.07) is 0. The van der Waals surface area contributed by atoms with Gasteiger partial charge in [0.1, 0.15) is 6.29 Å². The van der Waals surface area contributed by atoms with Crippen LogP contribution < -0.4 is 0 Å². The van der Waals surface area contributed by atoms with Gasteiger partial charge in [-0.05, 0) is 19.2 Å². The van der Waals surface area contributed by atoms with E-state index in [0.717, 1.165) is 24.5 Å². The van der Waals surface area contributed by atoms with Gasteiger partial charge in [-0.3, -0.25) is 10.3 Å². The normalized spacial score (nSPS) is 9.47. The van der Waals surface area contributed by atoms with Crippen LogP contribution in [-0.2, 0) is 9.45 Å². The van der Waals surface area contributed by atoms with Gasteiger partial charge in [0.25, 0.3) is 0 Å². The Balaban J connectivity index is -0.000000102. The second-order valence-corrected chi connectivity index (χ2v) is 4.77. The molecule has 0 saturated heterocycles. The first-order valence-electron chi connectivity index (χ1n) is 5.23. The fourth-order valence-corrected chi connectivity index (χ4v) is 1.56. The van der Waals surface area contributed by atoms with Crippen LogP contribution in [0.5, 0.6) is 0 Å². The van der Waals surface area contributed by atoms with Crippen LogP contribution in [0.2, 0.25) is 12.6 Å². The molecule has 1 unspecified atom stereocenters. The van der Waals surface area contributed by atoms with Crippen molar-refractivity contribution in [2.75, 3.05) is 0 Å². The molecule has 0 aliphatic rings. The number of rotatable bonds is 8. The van der Waals surface area contributed by atoms with Gasteiger partial charge in [0, 0.05) is 6.42 Å². The van der Waals surface area contributed by atoms with Crippen LogP contribution >= 0.6 is 16.5 Å². The monoisotopic (exact) mass is 300 g/mol. The van der Waals surface area contributed by atoms with Crippen LogP contribution in [-0.4, -0.2) is 25.8 Å². The predicted octanol–water partition coefficient (Wildman–Crippen LogP) is 3.40. The summed E-state index contributed by atoms with van der Waals surface area (Å²) in [6.07, 6.45) is 3.31. The molecule has 0 aromatic heterocycles. The fourth-order valence-electron chi connectivity index (χ4n) is 0.695. The Kier molecular flexibility index (Phi) is 36.9. The van der Waals surface area contributed by atoms with Crippen molar-refractivity contribution in [3.63, 3.8) is 0 Å². The van der Waals surface area contributed by atoms with E-state index < -0.39 is 0 Å². The summed E-state index contributed by atoms with van der Waals surface area (Å²) in [6.45, 7) is 15.9. The van der Waals surface area contributed by atoms with Gasteiger partial charge in [0.15, 0.2) is 0 Å². The molecule has 0 aromatic rings. The molecule has 104 valence electrons. The molecule has 9 heteroatoms. The van der Waals surface area contributed by atoms with E-state index in [9.17, 15) is 4.79 Å². The molecule has 4 N–H and O–H groups in total. The Morgan fingerprint density at radius 1 is 1.42 bits per heavy atom. The Morgan fingerprint density at radius 3 is 2.16 bits per heavy atom. The zero-order chi connectivity index (χ0) is 14.8. The third-order valence-electron chi connectivity index (χ3n) is 1.63. The Bertz CT molecular complexity index is 266. The molecule has 19 heavy (non-hydrogen) atoms. The summed E-state index contributed by atoms with van der Waals surface area (Å²) in [4.78, 5) is 9.92. The SMILES string of the molecule is C=C(C)C[B]P=N.CC(C[B]P=N)CC=O.O.[C-]#[O+]. The van der Waals surface area contributed by atoms with Crippen LogP contribution in [0.4, 0.5) is 0 Å². The maximum atomic E-state index is 9.92. The van der Waals surface area contributed by atoms with Crippen molar-refractivity contribution in [2.24, 2.45) is 5.92 Å². The standard InChI is InChI=1S/C5H10BNOP.C4H8BNP.CO.H2O/c1-5(2-3-8)4-6-9-7;1-4(2)3-5-7-6;1-2;/h3,5,7H,2,4H2,1H3;6H,1,3H2,2H3;;1H2. The molecule has 0 aliphatic carbocycles. The average Bonchev–Trinajstić information content (AvgIpc) is 2.37. The first-order chi connectivity index (χ1) is 8.58. The van der Waals surface area contributed by atoms with Crippen LogP contribution in [0.3, 0.4) is 0 Å². The van der Waals surface area contributed by atoms with E-state index in [2.05, 4.69) is 13.2 Å². The number of hydrogen-bond acceptors (Lipinski definition) is 3. The number of hydrogen-bond donors (Lipinski definition) is 2. The Hall–Kier alpha value is -0.560. The average molecular weight is 300 g/mol. The molecular weight excluding hydrogens is 280 g/mol. The summed E-state index contributed by atoms with van der Waals surface area (Å²) < 4.78 is 7.50. The first-order valence-corrected chi connectivity index (χ1v) is 7.16. The predicted molar refractivity (Wildman–Crippen MR) is 82.6 cm³/mol. The van der Waals surface area contributed by atoms with Crippen LogP contribution in [0.15, 0.2) is 12.2 Å². The molecule has 0 spiro atoms. The second kappa shape index (κ2) is 26.1. The molecule has 5 nitrogen and oxygen atoms in total. The van der Waals surface area contributed by atoms with Crippen molar-refractivity contribution in [1.29, 1.82) is 10.3 Å². The van der Waals surface area contributed by atoms with E-state index in [1.165, 1.54) is 0 Å². The van der Waals surface area contributed by atoms with E-state index in [-0.39, 0.29) is 5.48 Å². The fraction of sp³-hybridized carbons (Fsp3) is 0.600. The minimum absolute atomic E-state index is 0. The van der Waals surface area contributed by atoms with Crippen molar-refractivity contribution in [1.82, 2.24) is 0 Å². The maximum absolute atomic E-state index is 9.92. The zero-order valence-electron chi connectivity index (χ0n) is 11.3. The first kappa shape index (κ1) is 26.9. The molecule has 0 rings (SSSR count). The summed E-state index contributed by atoms with van der Waals surface area (Å²) >= 11 is 0. The number of aldehydes is 1. The number of allylic oxidation sites excluding steroid dienone is 1. The van der Waals surface area contributed by atoms with Gasteiger partial charge in [0.2, 0.25) is 14.0 Å². The summed E-state index contributed by atoms with van der Waals surface area (Å²) in [5.41, 5.74) is 1.12. The van der Waals surface area contributed by atoms with Crippen LogP contribution in [0, 0.1) is 22.9 Å². The van der Waals surface area contributed by atoms with Gasteiger partial charge in [-0.15, -0.1) is 6.58 Å². The van der Waals surface area contributed by atoms with Crippen molar-refractivity contribution >= 4 is 36.8 Å². The molecule has 0 bridgehead atoms. The van der Waals surface area contributed by atoms with Gasteiger partial charge >= 0.3 is 11.3 Å². The minimum atomic E-state index is 0.